The number of H-pyrrole nitrogens is 1. The summed E-state index contributed by atoms with van der Waals surface area (Å²) < 4.78 is 14.0. The molecule has 0 fully saturated rings. The molecule has 0 aliphatic heterocycles. The molecule has 4 heteroatoms. The normalized spacial score (nSPS) is 11.1. The number of aromatic amines is 1. The van der Waals surface area contributed by atoms with Crippen LogP contribution in [0.1, 0.15) is 0 Å². The summed E-state index contributed by atoms with van der Waals surface area (Å²) in [6, 6.07) is 8.67. The largest absolute Gasteiger partial charge is 0.343 e. The lowest BCUT2D eigenvalue weighted by Crippen LogP contribution is -2.07. The molecule has 0 aliphatic rings. The van der Waals surface area contributed by atoms with E-state index in [1.807, 2.05) is 0 Å². The quantitative estimate of drug-likeness (QED) is 0.583. The second-order valence-corrected chi connectivity index (χ2v) is 3.54. The SMILES string of the molecule is O=c1nc[nH]c2c(F)c3ccccc3cc12. The van der Waals surface area contributed by atoms with Crippen LogP contribution in [-0.2, 0) is 0 Å². The van der Waals surface area contributed by atoms with E-state index in [4.69, 9.17) is 0 Å². The molecule has 1 aromatic heterocycles. The maximum Gasteiger partial charge on any atom is 0.280 e. The van der Waals surface area contributed by atoms with Crippen molar-refractivity contribution in [2.45, 2.75) is 0 Å². The van der Waals surface area contributed by atoms with Gasteiger partial charge in [-0.05, 0) is 11.5 Å². The van der Waals surface area contributed by atoms with Crippen LogP contribution in [0.15, 0.2) is 41.5 Å². The van der Waals surface area contributed by atoms with Crippen LogP contribution in [0, 0.1) is 5.82 Å². The zero-order valence-corrected chi connectivity index (χ0v) is 8.20. The molecular formula is C12H7FN2O. The molecule has 3 rings (SSSR count). The van der Waals surface area contributed by atoms with Gasteiger partial charge in [-0.2, -0.15) is 4.98 Å². The Labute approximate surface area is 89.6 Å². The van der Waals surface area contributed by atoms with E-state index in [0.29, 0.717) is 10.8 Å². The highest BCUT2D eigenvalue weighted by atomic mass is 19.1. The van der Waals surface area contributed by atoms with Crippen LogP contribution in [0.3, 0.4) is 0 Å². The summed E-state index contributed by atoms with van der Waals surface area (Å²) in [6.07, 6.45) is 1.21. The van der Waals surface area contributed by atoms with Crippen molar-refractivity contribution in [1.29, 1.82) is 0 Å². The van der Waals surface area contributed by atoms with Crippen LogP contribution < -0.4 is 5.56 Å². The molecular weight excluding hydrogens is 207 g/mol. The Balaban J connectivity index is 2.66. The number of benzene rings is 2. The van der Waals surface area contributed by atoms with Gasteiger partial charge in [-0.1, -0.05) is 24.3 Å². The lowest BCUT2D eigenvalue weighted by Gasteiger charge is -2.03. The molecule has 0 unspecified atom stereocenters. The molecule has 3 nitrogen and oxygen atoms in total. The van der Waals surface area contributed by atoms with Gasteiger partial charge in [0.2, 0.25) is 0 Å². The third-order valence-corrected chi connectivity index (χ3v) is 2.61. The van der Waals surface area contributed by atoms with Gasteiger partial charge in [0, 0.05) is 5.39 Å². The van der Waals surface area contributed by atoms with Gasteiger partial charge in [-0.3, -0.25) is 4.79 Å². The van der Waals surface area contributed by atoms with Gasteiger partial charge in [0.05, 0.1) is 17.2 Å². The molecule has 78 valence electrons. The fourth-order valence-corrected chi connectivity index (χ4v) is 1.84. The first-order valence-corrected chi connectivity index (χ1v) is 4.82. The average molecular weight is 214 g/mol. The first kappa shape index (κ1) is 9.03. The number of hydrogen-bond donors (Lipinski definition) is 1. The minimum absolute atomic E-state index is 0.207. The van der Waals surface area contributed by atoms with Crippen molar-refractivity contribution in [2.24, 2.45) is 0 Å². The van der Waals surface area contributed by atoms with Gasteiger partial charge in [0.25, 0.3) is 5.56 Å². The highest BCUT2D eigenvalue weighted by Gasteiger charge is 2.09. The molecule has 0 spiro atoms. The monoisotopic (exact) mass is 214 g/mol. The van der Waals surface area contributed by atoms with Crippen LogP contribution in [-0.4, -0.2) is 9.97 Å². The Morgan fingerprint density at radius 1 is 1.19 bits per heavy atom. The molecule has 0 bridgehead atoms. The molecule has 0 amide bonds. The van der Waals surface area contributed by atoms with E-state index in [-0.39, 0.29) is 10.9 Å². The third-order valence-electron chi connectivity index (χ3n) is 2.61. The molecule has 16 heavy (non-hydrogen) atoms. The molecule has 0 atom stereocenters. The van der Waals surface area contributed by atoms with Gasteiger partial charge in [0.1, 0.15) is 0 Å². The zero-order valence-electron chi connectivity index (χ0n) is 8.20. The minimum atomic E-state index is -0.418. The molecule has 0 saturated heterocycles. The van der Waals surface area contributed by atoms with Crippen LogP contribution in [0.25, 0.3) is 21.7 Å². The number of fused-ring (bicyclic) bond motifs is 2. The zero-order chi connectivity index (χ0) is 11.1. The lowest BCUT2D eigenvalue weighted by atomic mass is 10.1. The highest BCUT2D eigenvalue weighted by molar-refractivity contribution is 5.96. The number of aromatic nitrogens is 2. The smallest absolute Gasteiger partial charge is 0.280 e. The predicted octanol–water partition coefficient (Wildman–Crippen LogP) is 2.22. The maximum atomic E-state index is 14.0. The predicted molar refractivity (Wildman–Crippen MR) is 59.8 cm³/mol. The fourth-order valence-electron chi connectivity index (χ4n) is 1.84. The summed E-state index contributed by atoms with van der Waals surface area (Å²) in [5.41, 5.74) is -0.211. The van der Waals surface area contributed by atoms with Crippen molar-refractivity contribution < 1.29 is 4.39 Å². The van der Waals surface area contributed by atoms with Crippen molar-refractivity contribution >= 4 is 21.7 Å². The van der Waals surface area contributed by atoms with E-state index in [0.717, 1.165) is 0 Å². The Hall–Kier alpha value is -2.23. The third kappa shape index (κ3) is 1.13. The number of nitrogens with zero attached hydrogens (tertiary/aromatic N) is 1. The Morgan fingerprint density at radius 3 is 2.88 bits per heavy atom. The number of hydrogen-bond acceptors (Lipinski definition) is 2. The number of halogens is 1. The minimum Gasteiger partial charge on any atom is -0.343 e. The highest BCUT2D eigenvalue weighted by Crippen LogP contribution is 2.23. The van der Waals surface area contributed by atoms with Gasteiger partial charge in [0.15, 0.2) is 5.82 Å². The summed E-state index contributed by atoms with van der Waals surface area (Å²) >= 11 is 0. The maximum absolute atomic E-state index is 14.0. The van der Waals surface area contributed by atoms with E-state index < -0.39 is 11.4 Å². The van der Waals surface area contributed by atoms with Gasteiger partial charge in [-0.15, -0.1) is 0 Å². The first-order valence-electron chi connectivity index (χ1n) is 4.82. The fraction of sp³-hybridized carbons (Fsp3) is 0. The molecule has 1 N–H and O–H groups in total. The summed E-state index contributed by atoms with van der Waals surface area (Å²) in [4.78, 5) is 17.7. The number of nitrogens with one attached hydrogen (secondary N) is 1. The first-order chi connectivity index (χ1) is 7.77. The lowest BCUT2D eigenvalue weighted by molar-refractivity contribution is 0.648. The summed E-state index contributed by atoms with van der Waals surface area (Å²) in [5.74, 6) is -0.410. The van der Waals surface area contributed by atoms with Crippen molar-refractivity contribution in [3.63, 3.8) is 0 Å². The van der Waals surface area contributed by atoms with E-state index in [2.05, 4.69) is 9.97 Å². The van der Waals surface area contributed by atoms with E-state index in [9.17, 15) is 9.18 Å². The van der Waals surface area contributed by atoms with Gasteiger partial charge >= 0.3 is 0 Å². The van der Waals surface area contributed by atoms with Crippen molar-refractivity contribution in [1.82, 2.24) is 9.97 Å². The Kier molecular flexibility index (Phi) is 1.77. The molecule has 0 aliphatic carbocycles. The topological polar surface area (TPSA) is 45.8 Å². The Morgan fingerprint density at radius 2 is 2.00 bits per heavy atom. The molecule has 2 aromatic carbocycles. The van der Waals surface area contributed by atoms with Crippen molar-refractivity contribution in [3.8, 4) is 0 Å². The number of rotatable bonds is 0. The summed E-state index contributed by atoms with van der Waals surface area (Å²) in [6.45, 7) is 0. The average Bonchev–Trinajstić information content (AvgIpc) is 2.31. The molecule has 0 saturated carbocycles. The van der Waals surface area contributed by atoms with Gasteiger partial charge < -0.3 is 4.98 Å². The van der Waals surface area contributed by atoms with E-state index in [1.54, 1.807) is 30.3 Å². The standard InChI is InChI=1S/C12H7FN2O/c13-10-8-4-2-1-3-7(8)5-9-11(10)14-6-15-12(9)16/h1-6H,(H,14,15,16). The second-order valence-electron chi connectivity index (χ2n) is 3.54. The van der Waals surface area contributed by atoms with Gasteiger partial charge in [-0.25, -0.2) is 4.39 Å². The molecule has 3 aromatic rings. The van der Waals surface area contributed by atoms with E-state index >= 15 is 0 Å². The van der Waals surface area contributed by atoms with E-state index in [1.165, 1.54) is 6.33 Å². The van der Waals surface area contributed by atoms with Crippen molar-refractivity contribution in [3.05, 3.63) is 52.8 Å². The van der Waals surface area contributed by atoms with Crippen LogP contribution in [0.2, 0.25) is 0 Å². The summed E-state index contributed by atoms with van der Waals surface area (Å²) in [7, 11) is 0. The molecule has 0 radical (unpaired) electrons. The molecule has 1 heterocycles. The van der Waals surface area contributed by atoms with Crippen LogP contribution in [0.4, 0.5) is 4.39 Å². The second kappa shape index (κ2) is 3.13. The summed E-state index contributed by atoms with van der Waals surface area (Å²) in [5, 5.41) is 1.47. The van der Waals surface area contributed by atoms with Crippen LogP contribution >= 0.6 is 0 Å². The van der Waals surface area contributed by atoms with Crippen LogP contribution in [0.5, 0.6) is 0 Å². The van der Waals surface area contributed by atoms with Crippen molar-refractivity contribution in [2.75, 3.05) is 0 Å². The Bertz CT molecular complexity index is 749.